The number of carbonyl (C=O) groups is 1. The summed E-state index contributed by atoms with van der Waals surface area (Å²) in [5.74, 6) is -0.962. The average Bonchev–Trinajstić information content (AvgIpc) is 2.24. The van der Waals surface area contributed by atoms with Gasteiger partial charge in [0.15, 0.2) is 6.10 Å². The van der Waals surface area contributed by atoms with Crippen LogP contribution in [0.5, 0.6) is 0 Å². The highest BCUT2D eigenvalue weighted by atomic mass is 127. The summed E-state index contributed by atoms with van der Waals surface area (Å²) in [6.07, 6.45) is 3.70. The zero-order chi connectivity index (χ0) is 12.5. The number of ether oxygens (including phenoxy) is 3. The van der Waals surface area contributed by atoms with Crippen LogP contribution < -0.4 is 0 Å². The first-order valence-corrected chi connectivity index (χ1v) is 7.41. The maximum atomic E-state index is 11.2. The van der Waals surface area contributed by atoms with Gasteiger partial charge in [-0.2, -0.15) is 0 Å². The molecule has 2 rings (SSSR count). The molecule has 2 heterocycles. The van der Waals surface area contributed by atoms with E-state index < -0.39 is 5.79 Å². The smallest absolute Gasteiger partial charge is 0.303 e. The van der Waals surface area contributed by atoms with Crippen molar-refractivity contribution in [3.05, 3.63) is 0 Å². The molecule has 2 aliphatic rings. The van der Waals surface area contributed by atoms with E-state index in [9.17, 15) is 4.79 Å². The highest BCUT2D eigenvalue weighted by molar-refractivity contribution is 14.1. The molecule has 0 aliphatic carbocycles. The van der Waals surface area contributed by atoms with E-state index in [1.165, 1.54) is 6.92 Å². The van der Waals surface area contributed by atoms with E-state index in [-0.39, 0.29) is 22.1 Å². The maximum absolute atomic E-state index is 11.2. The molecule has 2 aliphatic heterocycles. The molecule has 0 unspecified atom stereocenters. The van der Waals surface area contributed by atoms with E-state index in [1.54, 1.807) is 0 Å². The van der Waals surface area contributed by atoms with Crippen molar-refractivity contribution in [2.24, 2.45) is 0 Å². The Morgan fingerprint density at radius 1 is 1.47 bits per heavy atom. The molecule has 0 amide bonds. The summed E-state index contributed by atoms with van der Waals surface area (Å²) in [6.45, 7) is 4.18. The molecule has 98 valence electrons. The van der Waals surface area contributed by atoms with E-state index in [4.69, 9.17) is 14.2 Å². The summed E-state index contributed by atoms with van der Waals surface area (Å²) < 4.78 is 17.5. The Kier molecular flexibility index (Phi) is 4.31. The van der Waals surface area contributed by atoms with Crippen LogP contribution in [0.2, 0.25) is 0 Å². The van der Waals surface area contributed by atoms with Crippen molar-refractivity contribution < 1.29 is 19.0 Å². The van der Waals surface area contributed by atoms with Gasteiger partial charge < -0.3 is 14.2 Å². The third-order valence-corrected chi connectivity index (χ3v) is 4.44. The lowest BCUT2D eigenvalue weighted by molar-refractivity contribution is -0.329. The normalized spacial score (nSPS) is 42.4. The SMILES string of the molecule is CC(=O)O[C@@H]1[C@@H](I)C[C@H](C)O[C@]12CCCCO2. The summed E-state index contributed by atoms with van der Waals surface area (Å²) in [5, 5.41) is 0. The van der Waals surface area contributed by atoms with E-state index in [0.717, 1.165) is 25.7 Å². The molecular formula is C12H19IO4. The molecule has 2 saturated heterocycles. The molecular weight excluding hydrogens is 335 g/mol. The first-order valence-electron chi connectivity index (χ1n) is 6.16. The Morgan fingerprint density at radius 3 is 2.82 bits per heavy atom. The fraction of sp³-hybridized carbons (Fsp3) is 0.917. The molecule has 1 spiro atoms. The Hall–Kier alpha value is 0.120. The second-order valence-corrected chi connectivity index (χ2v) is 6.43. The Bertz CT molecular complexity index is 288. The maximum Gasteiger partial charge on any atom is 0.303 e. The molecule has 0 saturated carbocycles. The third kappa shape index (κ3) is 2.93. The summed E-state index contributed by atoms with van der Waals surface area (Å²) in [5.41, 5.74) is 0. The highest BCUT2D eigenvalue weighted by Crippen LogP contribution is 2.41. The van der Waals surface area contributed by atoms with Crippen molar-refractivity contribution in [2.75, 3.05) is 6.61 Å². The topological polar surface area (TPSA) is 44.8 Å². The number of esters is 1. The van der Waals surface area contributed by atoms with E-state index in [1.807, 2.05) is 0 Å². The van der Waals surface area contributed by atoms with E-state index >= 15 is 0 Å². The summed E-state index contributed by atoms with van der Waals surface area (Å²) in [6, 6.07) is 0. The van der Waals surface area contributed by atoms with Gasteiger partial charge in [0.25, 0.3) is 0 Å². The first kappa shape index (κ1) is 13.5. The number of rotatable bonds is 1. The molecule has 0 bridgehead atoms. The van der Waals surface area contributed by atoms with Gasteiger partial charge in [-0.1, -0.05) is 22.6 Å². The molecule has 0 aromatic rings. The highest BCUT2D eigenvalue weighted by Gasteiger charge is 2.52. The van der Waals surface area contributed by atoms with Gasteiger partial charge in [-0.05, 0) is 26.2 Å². The largest absolute Gasteiger partial charge is 0.456 e. The number of alkyl halides is 1. The molecule has 4 atom stereocenters. The lowest BCUT2D eigenvalue weighted by Crippen LogP contribution is -2.60. The molecule has 0 aromatic heterocycles. The molecule has 2 fully saturated rings. The van der Waals surface area contributed by atoms with Crippen molar-refractivity contribution in [1.29, 1.82) is 0 Å². The van der Waals surface area contributed by atoms with Crippen LogP contribution in [-0.2, 0) is 19.0 Å². The summed E-state index contributed by atoms with van der Waals surface area (Å²) >= 11 is 2.34. The monoisotopic (exact) mass is 354 g/mol. The van der Waals surface area contributed by atoms with Crippen LogP contribution in [0.3, 0.4) is 0 Å². The molecule has 0 radical (unpaired) electrons. The lowest BCUT2D eigenvalue weighted by Gasteiger charge is -2.48. The molecule has 5 heteroatoms. The van der Waals surface area contributed by atoms with Gasteiger partial charge in [-0.3, -0.25) is 4.79 Å². The fourth-order valence-corrected chi connectivity index (χ4v) is 4.03. The van der Waals surface area contributed by atoms with Gasteiger partial charge >= 0.3 is 5.97 Å². The molecule has 4 nitrogen and oxygen atoms in total. The Balaban J connectivity index is 2.19. The van der Waals surface area contributed by atoms with Crippen LogP contribution in [0.1, 0.15) is 39.5 Å². The first-order chi connectivity index (χ1) is 8.03. The minimum atomic E-state index is -0.701. The zero-order valence-electron chi connectivity index (χ0n) is 10.3. The number of hydrogen-bond donors (Lipinski definition) is 0. The van der Waals surface area contributed by atoms with Gasteiger partial charge in [0.1, 0.15) is 0 Å². The Morgan fingerprint density at radius 2 is 2.24 bits per heavy atom. The summed E-state index contributed by atoms with van der Waals surface area (Å²) in [4.78, 5) is 11.2. The van der Waals surface area contributed by atoms with E-state index in [0.29, 0.717) is 6.61 Å². The number of halogens is 1. The predicted octanol–water partition coefficient (Wildman–Crippen LogP) is 2.43. The van der Waals surface area contributed by atoms with Crippen LogP contribution in [0.25, 0.3) is 0 Å². The van der Waals surface area contributed by atoms with Gasteiger partial charge in [-0.15, -0.1) is 0 Å². The van der Waals surface area contributed by atoms with Gasteiger partial charge in [0.05, 0.1) is 16.6 Å². The summed E-state index contributed by atoms with van der Waals surface area (Å²) in [7, 11) is 0. The van der Waals surface area contributed by atoms with Crippen LogP contribution >= 0.6 is 22.6 Å². The van der Waals surface area contributed by atoms with Crippen molar-refractivity contribution in [3.63, 3.8) is 0 Å². The lowest BCUT2D eigenvalue weighted by atomic mass is 9.92. The van der Waals surface area contributed by atoms with Crippen LogP contribution in [0.15, 0.2) is 0 Å². The van der Waals surface area contributed by atoms with Crippen molar-refractivity contribution >= 4 is 28.6 Å². The van der Waals surface area contributed by atoms with Crippen molar-refractivity contribution in [3.8, 4) is 0 Å². The van der Waals surface area contributed by atoms with Gasteiger partial charge in [0.2, 0.25) is 5.79 Å². The molecule has 0 N–H and O–H groups in total. The standard InChI is InChI=1S/C12H19IO4/c1-8-7-10(13)11(16-9(2)14)12(17-8)5-3-4-6-15-12/h8,10-11H,3-7H2,1-2H3/t8-,10-,11+,12+/m0/s1. The predicted molar refractivity (Wildman–Crippen MR) is 71.1 cm³/mol. The second kappa shape index (κ2) is 5.40. The van der Waals surface area contributed by atoms with Crippen molar-refractivity contribution in [2.45, 2.75) is 61.5 Å². The fourth-order valence-electron chi connectivity index (χ4n) is 2.62. The van der Waals surface area contributed by atoms with Gasteiger partial charge in [-0.25, -0.2) is 0 Å². The van der Waals surface area contributed by atoms with Crippen LogP contribution in [-0.4, -0.2) is 34.5 Å². The van der Waals surface area contributed by atoms with Crippen molar-refractivity contribution in [1.82, 2.24) is 0 Å². The molecule has 0 aromatic carbocycles. The zero-order valence-corrected chi connectivity index (χ0v) is 12.4. The quantitative estimate of drug-likeness (QED) is 0.412. The van der Waals surface area contributed by atoms with Gasteiger partial charge in [0, 0.05) is 13.3 Å². The third-order valence-electron chi connectivity index (χ3n) is 3.28. The minimum Gasteiger partial charge on any atom is -0.456 e. The Labute approximate surface area is 116 Å². The van der Waals surface area contributed by atoms with Crippen LogP contribution in [0, 0.1) is 0 Å². The average molecular weight is 354 g/mol. The number of hydrogen-bond acceptors (Lipinski definition) is 4. The number of carbonyl (C=O) groups excluding carboxylic acids is 1. The molecule has 17 heavy (non-hydrogen) atoms. The van der Waals surface area contributed by atoms with Crippen LogP contribution in [0.4, 0.5) is 0 Å². The second-order valence-electron chi connectivity index (χ2n) is 4.83. The van der Waals surface area contributed by atoms with E-state index in [2.05, 4.69) is 29.5 Å². The minimum absolute atomic E-state index is 0.154.